The zero-order valence-electron chi connectivity index (χ0n) is 11.7. The summed E-state index contributed by atoms with van der Waals surface area (Å²) in [4.78, 5) is 4.43. The lowest BCUT2D eigenvalue weighted by Gasteiger charge is -2.16. The lowest BCUT2D eigenvalue weighted by molar-refractivity contribution is 0.179. The molecule has 0 saturated heterocycles. The molecular formula is C15H19N3OS. The SMILES string of the molecule is COCC(C)NC(=S)NCc1cccc2cccnc12. The Balaban J connectivity index is 1.97. The highest BCUT2D eigenvalue weighted by molar-refractivity contribution is 7.80. The van der Waals surface area contributed by atoms with Crippen LogP contribution in [-0.4, -0.2) is 29.9 Å². The van der Waals surface area contributed by atoms with Crippen molar-refractivity contribution >= 4 is 28.2 Å². The van der Waals surface area contributed by atoms with Crippen LogP contribution in [0.1, 0.15) is 12.5 Å². The topological polar surface area (TPSA) is 46.2 Å². The van der Waals surface area contributed by atoms with Crippen molar-refractivity contribution < 1.29 is 4.74 Å². The van der Waals surface area contributed by atoms with Crippen LogP contribution in [0.25, 0.3) is 10.9 Å². The van der Waals surface area contributed by atoms with E-state index >= 15 is 0 Å². The van der Waals surface area contributed by atoms with E-state index < -0.39 is 0 Å². The Morgan fingerprint density at radius 3 is 2.95 bits per heavy atom. The van der Waals surface area contributed by atoms with Gasteiger partial charge in [0.25, 0.3) is 0 Å². The summed E-state index contributed by atoms with van der Waals surface area (Å²) >= 11 is 5.27. The average molecular weight is 289 g/mol. The van der Waals surface area contributed by atoms with Crippen LogP contribution < -0.4 is 10.6 Å². The van der Waals surface area contributed by atoms with E-state index in [0.717, 1.165) is 16.5 Å². The van der Waals surface area contributed by atoms with Gasteiger partial charge in [0.2, 0.25) is 0 Å². The fourth-order valence-electron chi connectivity index (χ4n) is 2.05. The van der Waals surface area contributed by atoms with Gasteiger partial charge in [0.15, 0.2) is 5.11 Å². The third-order valence-electron chi connectivity index (χ3n) is 2.95. The number of hydrogen-bond acceptors (Lipinski definition) is 3. The standard InChI is InChI=1S/C15H19N3OS/c1-11(10-19-2)18-15(20)17-9-13-6-3-5-12-7-4-8-16-14(12)13/h3-8,11H,9-10H2,1-2H3,(H2,17,18,20). The molecule has 0 aliphatic heterocycles. The number of thiocarbonyl (C=S) groups is 1. The highest BCUT2D eigenvalue weighted by Crippen LogP contribution is 2.15. The van der Waals surface area contributed by atoms with E-state index in [2.05, 4.69) is 33.8 Å². The fourth-order valence-corrected chi connectivity index (χ4v) is 2.33. The second kappa shape index (κ2) is 7.17. The van der Waals surface area contributed by atoms with Crippen molar-refractivity contribution in [1.82, 2.24) is 15.6 Å². The lowest BCUT2D eigenvalue weighted by atomic mass is 10.1. The lowest BCUT2D eigenvalue weighted by Crippen LogP contribution is -2.42. The van der Waals surface area contributed by atoms with Gasteiger partial charge in [-0.15, -0.1) is 0 Å². The van der Waals surface area contributed by atoms with E-state index in [1.54, 1.807) is 7.11 Å². The Bertz CT molecular complexity index is 583. The molecule has 2 N–H and O–H groups in total. The quantitative estimate of drug-likeness (QED) is 0.827. The van der Waals surface area contributed by atoms with Gasteiger partial charge in [-0.3, -0.25) is 4.98 Å². The Morgan fingerprint density at radius 1 is 1.35 bits per heavy atom. The highest BCUT2D eigenvalue weighted by atomic mass is 32.1. The Kier molecular flexibility index (Phi) is 5.26. The molecule has 0 saturated carbocycles. The first-order valence-corrected chi connectivity index (χ1v) is 6.97. The van der Waals surface area contributed by atoms with Gasteiger partial charge in [0.05, 0.1) is 12.1 Å². The number of benzene rings is 1. The minimum absolute atomic E-state index is 0.186. The summed E-state index contributed by atoms with van der Waals surface area (Å²) < 4.78 is 5.07. The zero-order valence-corrected chi connectivity index (χ0v) is 12.5. The van der Waals surface area contributed by atoms with Crippen LogP contribution in [0.5, 0.6) is 0 Å². The number of methoxy groups -OCH3 is 1. The van der Waals surface area contributed by atoms with E-state index in [1.165, 1.54) is 0 Å². The molecule has 1 heterocycles. The molecule has 1 atom stereocenters. The van der Waals surface area contributed by atoms with Gasteiger partial charge in [-0.1, -0.05) is 24.3 Å². The van der Waals surface area contributed by atoms with E-state index in [9.17, 15) is 0 Å². The Labute approximate surface area is 124 Å². The van der Waals surface area contributed by atoms with E-state index in [-0.39, 0.29) is 6.04 Å². The molecule has 106 valence electrons. The molecule has 20 heavy (non-hydrogen) atoms. The molecule has 1 unspecified atom stereocenters. The van der Waals surface area contributed by atoms with Crippen LogP contribution in [-0.2, 0) is 11.3 Å². The maximum atomic E-state index is 5.27. The molecular weight excluding hydrogens is 270 g/mol. The van der Waals surface area contributed by atoms with Gasteiger partial charge in [-0.25, -0.2) is 0 Å². The van der Waals surface area contributed by atoms with Crippen LogP contribution in [0.2, 0.25) is 0 Å². The smallest absolute Gasteiger partial charge is 0.166 e. The predicted octanol–water partition coefficient (Wildman–Crippen LogP) is 2.23. The summed E-state index contributed by atoms with van der Waals surface area (Å²) in [5.41, 5.74) is 2.14. The molecule has 4 nitrogen and oxygen atoms in total. The van der Waals surface area contributed by atoms with Gasteiger partial charge in [-0.05, 0) is 30.8 Å². The first-order chi connectivity index (χ1) is 9.70. The van der Waals surface area contributed by atoms with Crippen molar-refractivity contribution in [2.45, 2.75) is 19.5 Å². The summed E-state index contributed by atoms with van der Waals surface area (Å²) in [6, 6.07) is 10.3. The summed E-state index contributed by atoms with van der Waals surface area (Å²) in [6.07, 6.45) is 1.81. The van der Waals surface area contributed by atoms with Crippen molar-refractivity contribution in [2.75, 3.05) is 13.7 Å². The molecule has 0 amide bonds. The number of para-hydroxylation sites is 1. The maximum Gasteiger partial charge on any atom is 0.166 e. The van der Waals surface area contributed by atoms with E-state index in [4.69, 9.17) is 17.0 Å². The first kappa shape index (κ1) is 14.7. The van der Waals surface area contributed by atoms with Gasteiger partial charge in [0, 0.05) is 31.3 Å². The minimum atomic E-state index is 0.186. The zero-order chi connectivity index (χ0) is 14.4. The number of nitrogens with zero attached hydrogens (tertiary/aromatic N) is 1. The van der Waals surface area contributed by atoms with E-state index in [0.29, 0.717) is 18.3 Å². The molecule has 0 aliphatic rings. The van der Waals surface area contributed by atoms with Crippen molar-refractivity contribution in [3.05, 3.63) is 42.1 Å². The fraction of sp³-hybridized carbons (Fsp3) is 0.333. The second-order valence-corrected chi connectivity index (χ2v) is 5.08. The molecule has 0 radical (unpaired) electrons. The molecule has 5 heteroatoms. The van der Waals surface area contributed by atoms with Crippen molar-refractivity contribution in [3.8, 4) is 0 Å². The molecule has 0 bridgehead atoms. The average Bonchev–Trinajstić information content (AvgIpc) is 2.45. The number of nitrogens with one attached hydrogen (secondary N) is 2. The summed E-state index contributed by atoms with van der Waals surface area (Å²) in [7, 11) is 1.68. The third kappa shape index (κ3) is 3.88. The largest absolute Gasteiger partial charge is 0.383 e. The number of ether oxygens (including phenoxy) is 1. The Morgan fingerprint density at radius 2 is 2.15 bits per heavy atom. The molecule has 0 spiro atoms. The van der Waals surface area contributed by atoms with Crippen LogP contribution in [0.3, 0.4) is 0 Å². The summed E-state index contributed by atoms with van der Waals surface area (Å²) in [5.74, 6) is 0. The van der Waals surface area contributed by atoms with Gasteiger partial charge in [-0.2, -0.15) is 0 Å². The predicted molar refractivity (Wildman–Crippen MR) is 85.7 cm³/mol. The van der Waals surface area contributed by atoms with Gasteiger partial charge < -0.3 is 15.4 Å². The summed E-state index contributed by atoms with van der Waals surface area (Å²) in [5, 5.41) is 8.14. The van der Waals surface area contributed by atoms with Crippen LogP contribution >= 0.6 is 12.2 Å². The van der Waals surface area contributed by atoms with Crippen LogP contribution in [0, 0.1) is 0 Å². The number of hydrogen-bond donors (Lipinski definition) is 2. The normalized spacial score (nSPS) is 12.1. The number of pyridine rings is 1. The van der Waals surface area contributed by atoms with Crippen LogP contribution in [0.15, 0.2) is 36.5 Å². The maximum absolute atomic E-state index is 5.27. The molecule has 1 aromatic heterocycles. The monoisotopic (exact) mass is 289 g/mol. The van der Waals surface area contributed by atoms with Crippen molar-refractivity contribution in [2.24, 2.45) is 0 Å². The molecule has 2 aromatic rings. The molecule has 0 aliphatic carbocycles. The van der Waals surface area contributed by atoms with Crippen molar-refractivity contribution in [3.63, 3.8) is 0 Å². The van der Waals surface area contributed by atoms with E-state index in [1.807, 2.05) is 25.3 Å². The third-order valence-corrected chi connectivity index (χ3v) is 3.21. The number of aromatic nitrogens is 1. The highest BCUT2D eigenvalue weighted by Gasteiger charge is 2.05. The second-order valence-electron chi connectivity index (χ2n) is 4.68. The number of rotatable bonds is 5. The molecule has 2 rings (SSSR count). The van der Waals surface area contributed by atoms with Crippen LogP contribution in [0.4, 0.5) is 0 Å². The van der Waals surface area contributed by atoms with Gasteiger partial charge >= 0.3 is 0 Å². The minimum Gasteiger partial charge on any atom is -0.383 e. The Hall–Kier alpha value is -1.72. The molecule has 1 aromatic carbocycles. The van der Waals surface area contributed by atoms with Crippen molar-refractivity contribution in [1.29, 1.82) is 0 Å². The summed E-state index contributed by atoms with van der Waals surface area (Å²) in [6.45, 7) is 3.30. The van der Waals surface area contributed by atoms with Gasteiger partial charge in [0.1, 0.15) is 0 Å². The molecule has 0 fully saturated rings. The first-order valence-electron chi connectivity index (χ1n) is 6.56. The number of fused-ring (bicyclic) bond motifs is 1.